The van der Waals surface area contributed by atoms with Gasteiger partial charge in [0.05, 0.1) is 44.2 Å². The molecule has 232 valence electrons. The quantitative estimate of drug-likeness (QED) is 0.178. The van der Waals surface area contributed by atoms with E-state index >= 15 is 0 Å². The monoisotopic (exact) mass is 654 g/mol. The van der Waals surface area contributed by atoms with Crippen LogP contribution in [0.2, 0.25) is 0 Å². The highest BCUT2D eigenvalue weighted by molar-refractivity contribution is 7.28. The number of para-hydroxylation sites is 1. The number of hydrogen-bond acceptors (Lipinski definition) is 4. The summed E-state index contributed by atoms with van der Waals surface area (Å²) in [5, 5.41) is 12.8. The van der Waals surface area contributed by atoms with E-state index in [1.165, 1.54) is 68.8 Å². The molecule has 50 heavy (non-hydrogen) atoms. The highest BCUT2D eigenvalue weighted by Gasteiger charge is 2.24. The molecule has 0 amide bonds. The molecule has 5 heterocycles. The summed E-state index contributed by atoms with van der Waals surface area (Å²) in [6, 6.07) is 51.9. The Morgan fingerprint density at radius 1 is 0.400 bits per heavy atom. The number of rotatable bonds is 3. The molecule has 0 saturated heterocycles. The first kappa shape index (κ1) is 27.5. The van der Waals surface area contributed by atoms with Gasteiger partial charge < -0.3 is 4.57 Å². The van der Waals surface area contributed by atoms with E-state index in [1.54, 1.807) is 0 Å². The molecule has 0 fully saturated rings. The van der Waals surface area contributed by atoms with Gasteiger partial charge in [-0.15, -0.1) is 11.3 Å². The zero-order chi connectivity index (χ0) is 32.8. The first-order valence-corrected chi connectivity index (χ1v) is 17.6. The molecule has 4 nitrogen and oxygen atoms in total. The minimum Gasteiger partial charge on any atom is -0.308 e. The van der Waals surface area contributed by atoms with Crippen LogP contribution in [0.5, 0.6) is 0 Å². The Balaban J connectivity index is 1.39. The highest BCUT2D eigenvalue weighted by Crippen LogP contribution is 2.51. The van der Waals surface area contributed by atoms with Crippen molar-refractivity contribution in [2.45, 2.75) is 0 Å². The van der Waals surface area contributed by atoms with Crippen LogP contribution in [0.3, 0.4) is 0 Å². The van der Waals surface area contributed by atoms with Crippen LogP contribution in [-0.4, -0.2) is 19.5 Å². The number of nitrogens with zero attached hydrogens (tertiary/aromatic N) is 4. The third kappa shape index (κ3) is 3.84. The predicted molar refractivity (Wildman–Crippen MR) is 210 cm³/mol. The molecule has 6 aromatic carbocycles. The predicted octanol–water partition coefficient (Wildman–Crippen LogP) is 12.1. The molecule has 11 rings (SSSR count). The van der Waals surface area contributed by atoms with Crippen LogP contribution in [0.4, 0.5) is 0 Å². The molecule has 0 radical (unpaired) electrons. The Hall–Kier alpha value is -6.43. The molecule has 0 saturated carbocycles. The Kier molecular flexibility index (Phi) is 5.80. The average Bonchev–Trinajstić information content (AvgIpc) is 3.77. The minimum absolute atomic E-state index is 0.806. The SMILES string of the molecule is c1ccc(-c2cc(-n3c4ccccc4c4c5ccccc5c5c(sc6c7ccccc7c7ccccc7c65)c43)cc(-c3ccccn3)n2)nc1. The maximum Gasteiger partial charge on any atom is 0.0915 e. The average molecular weight is 655 g/mol. The van der Waals surface area contributed by atoms with E-state index in [9.17, 15) is 0 Å². The third-order valence-electron chi connectivity index (χ3n) is 10.0. The molecule has 0 spiro atoms. The number of hydrogen-bond donors (Lipinski definition) is 0. The fourth-order valence-electron chi connectivity index (χ4n) is 8.00. The summed E-state index contributed by atoms with van der Waals surface area (Å²) in [6.07, 6.45) is 3.65. The summed E-state index contributed by atoms with van der Waals surface area (Å²) in [4.78, 5) is 14.6. The smallest absolute Gasteiger partial charge is 0.0915 e. The van der Waals surface area contributed by atoms with Gasteiger partial charge in [-0.2, -0.15) is 0 Å². The van der Waals surface area contributed by atoms with Gasteiger partial charge in [-0.1, -0.05) is 103 Å². The van der Waals surface area contributed by atoms with E-state index in [-0.39, 0.29) is 0 Å². The Morgan fingerprint density at radius 3 is 1.50 bits per heavy atom. The van der Waals surface area contributed by atoms with Crippen LogP contribution in [0, 0.1) is 0 Å². The first-order valence-electron chi connectivity index (χ1n) is 16.8. The van der Waals surface area contributed by atoms with Gasteiger partial charge in [-0.3, -0.25) is 9.97 Å². The second-order valence-electron chi connectivity index (χ2n) is 12.7. The molecule has 0 atom stereocenters. The van der Waals surface area contributed by atoms with E-state index in [0.717, 1.165) is 34.0 Å². The lowest BCUT2D eigenvalue weighted by molar-refractivity contribution is 1.15. The van der Waals surface area contributed by atoms with Crippen molar-refractivity contribution in [3.8, 4) is 28.5 Å². The summed E-state index contributed by atoms with van der Waals surface area (Å²) in [5.74, 6) is 0. The topological polar surface area (TPSA) is 43.6 Å². The van der Waals surface area contributed by atoms with Gasteiger partial charge >= 0.3 is 0 Å². The van der Waals surface area contributed by atoms with Gasteiger partial charge in [-0.25, -0.2) is 4.98 Å². The van der Waals surface area contributed by atoms with Crippen LogP contribution in [0.15, 0.2) is 158 Å². The molecule has 0 aliphatic heterocycles. The number of pyridine rings is 3. The summed E-state index contributed by atoms with van der Waals surface area (Å²) >= 11 is 1.91. The number of fused-ring (bicyclic) bond motifs is 15. The van der Waals surface area contributed by atoms with Gasteiger partial charge in [0.15, 0.2) is 0 Å². The van der Waals surface area contributed by atoms with Crippen molar-refractivity contribution in [2.24, 2.45) is 0 Å². The first-order chi connectivity index (χ1) is 24.8. The fourth-order valence-corrected chi connectivity index (χ4v) is 9.41. The van der Waals surface area contributed by atoms with Crippen molar-refractivity contribution >= 4 is 85.6 Å². The molecule has 0 unspecified atom stereocenters. The maximum absolute atomic E-state index is 5.12. The number of thiophene rings is 1. The lowest BCUT2D eigenvalue weighted by Gasteiger charge is -2.13. The van der Waals surface area contributed by atoms with E-state index in [1.807, 2.05) is 60.1 Å². The molecule has 0 aliphatic rings. The molecule has 5 aromatic heterocycles. The summed E-state index contributed by atoms with van der Waals surface area (Å²) in [7, 11) is 0. The van der Waals surface area contributed by atoms with Gasteiger partial charge in [0.2, 0.25) is 0 Å². The summed E-state index contributed by atoms with van der Waals surface area (Å²) in [5.41, 5.74) is 6.64. The van der Waals surface area contributed by atoms with Gasteiger partial charge in [0, 0.05) is 44.0 Å². The minimum atomic E-state index is 0.806. The largest absolute Gasteiger partial charge is 0.308 e. The van der Waals surface area contributed by atoms with Crippen molar-refractivity contribution in [1.82, 2.24) is 19.5 Å². The number of aromatic nitrogens is 4. The zero-order valence-corrected chi connectivity index (χ0v) is 27.5. The van der Waals surface area contributed by atoms with Gasteiger partial charge in [0.25, 0.3) is 0 Å². The molecule has 5 heteroatoms. The normalized spacial score (nSPS) is 12.0. The molecule has 11 aromatic rings. The summed E-state index contributed by atoms with van der Waals surface area (Å²) in [6.45, 7) is 0. The van der Waals surface area contributed by atoms with Crippen molar-refractivity contribution in [1.29, 1.82) is 0 Å². The maximum atomic E-state index is 5.12. The van der Waals surface area contributed by atoms with Gasteiger partial charge in [0.1, 0.15) is 0 Å². The molecular formula is C45H26N4S. The molecular weight excluding hydrogens is 629 g/mol. The fraction of sp³-hybridized carbons (Fsp3) is 0. The zero-order valence-electron chi connectivity index (χ0n) is 26.7. The van der Waals surface area contributed by atoms with Crippen molar-refractivity contribution in [3.63, 3.8) is 0 Å². The highest BCUT2D eigenvalue weighted by atomic mass is 32.1. The lowest BCUT2D eigenvalue weighted by Crippen LogP contribution is -1.99. The van der Waals surface area contributed by atoms with Crippen LogP contribution in [-0.2, 0) is 0 Å². The second-order valence-corrected chi connectivity index (χ2v) is 13.8. The van der Waals surface area contributed by atoms with Crippen molar-refractivity contribution in [2.75, 3.05) is 0 Å². The Labute approximate surface area is 290 Å². The Morgan fingerprint density at radius 2 is 0.880 bits per heavy atom. The van der Waals surface area contributed by atoms with Crippen molar-refractivity contribution < 1.29 is 0 Å². The molecule has 0 aliphatic carbocycles. The van der Waals surface area contributed by atoms with Gasteiger partial charge in [-0.05, 0) is 69.4 Å². The third-order valence-corrected chi connectivity index (χ3v) is 11.3. The molecule has 0 N–H and O–H groups in total. The lowest BCUT2D eigenvalue weighted by atomic mass is 9.94. The Bertz CT molecular complexity index is 3080. The van der Waals surface area contributed by atoms with E-state index in [2.05, 4.69) is 114 Å². The van der Waals surface area contributed by atoms with Crippen LogP contribution in [0.1, 0.15) is 0 Å². The van der Waals surface area contributed by atoms with E-state index < -0.39 is 0 Å². The van der Waals surface area contributed by atoms with Crippen LogP contribution >= 0.6 is 11.3 Å². The van der Waals surface area contributed by atoms with E-state index in [4.69, 9.17) is 15.0 Å². The van der Waals surface area contributed by atoms with E-state index in [0.29, 0.717) is 0 Å². The van der Waals surface area contributed by atoms with Crippen molar-refractivity contribution in [3.05, 3.63) is 158 Å². The number of benzene rings is 6. The van der Waals surface area contributed by atoms with Crippen LogP contribution < -0.4 is 0 Å². The molecule has 0 bridgehead atoms. The second kappa shape index (κ2) is 10.5. The van der Waals surface area contributed by atoms with Crippen LogP contribution in [0.25, 0.3) is 103 Å². The standard InChI is InChI=1S/C45H26N4S/c1-3-15-30-28(13-1)29-14-2-6-18-33(29)44-41(30)42-32-17-5-4-16-31(32)40-34-19-7-8-22-39(34)49(43(40)45(42)50-44)27-25-37(35-20-9-11-23-46-35)48-38(26-27)36-21-10-12-24-47-36/h1-26H. The summed E-state index contributed by atoms with van der Waals surface area (Å²) < 4.78 is 5.06.